The van der Waals surface area contributed by atoms with Gasteiger partial charge in [0.1, 0.15) is 9.47 Å². The van der Waals surface area contributed by atoms with Crippen LogP contribution in [0.4, 0.5) is 5.13 Å². The van der Waals surface area contributed by atoms with E-state index in [1.54, 1.807) is 6.08 Å². The number of carbonyl (C=O) groups excluding carboxylic acids is 1. The van der Waals surface area contributed by atoms with Crippen molar-refractivity contribution in [3.8, 4) is 0 Å². The third-order valence-corrected chi connectivity index (χ3v) is 7.12. The summed E-state index contributed by atoms with van der Waals surface area (Å²) in [5, 5.41) is 9.98. The normalized spacial score (nSPS) is 20.1. The molecule has 2 saturated heterocycles. The number of amides is 1. The Labute approximate surface area is 176 Å². The van der Waals surface area contributed by atoms with E-state index < -0.39 is 5.97 Å². The molecular weight excluding hydrogens is 428 g/mol. The van der Waals surface area contributed by atoms with E-state index in [1.807, 2.05) is 0 Å². The topological polar surface area (TPSA) is 77.0 Å². The number of aromatic nitrogens is 1. The third-order valence-electron chi connectivity index (χ3n) is 4.28. The number of thiazole rings is 1. The van der Waals surface area contributed by atoms with Gasteiger partial charge >= 0.3 is 5.97 Å². The molecule has 1 aromatic rings. The van der Waals surface area contributed by atoms with Crippen LogP contribution in [0, 0.1) is 0 Å². The maximum absolute atomic E-state index is 12.6. The number of carboxylic acids is 1. The van der Waals surface area contributed by atoms with E-state index in [4.69, 9.17) is 28.9 Å². The van der Waals surface area contributed by atoms with Crippen molar-refractivity contribution in [2.24, 2.45) is 0 Å². The first kappa shape index (κ1) is 20.5. The summed E-state index contributed by atoms with van der Waals surface area (Å²) in [5.74, 6) is -1.09. The Morgan fingerprint density at radius 2 is 2.07 bits per heavy atom. The van der Waals surface area contributed by atoms with Crippen molar-refractivity contribution in [1.29, 1.82) is 0 Å². The number of aliphatic carboxylic acids is 1. The number of carbonyl (C=O) groups is 2. The zero-order valence-corrected chi connectivity index (χ0v) is 17.9. The summed E-state index contributed by atoms with van der Waals surface area (Å²) in [6, 6.07) is 0. The number of rotatable bonds is 6. The quantitative estimate of drug-likeness (QED) is 0.527. The number of carboxylic acid groups (broad SMARTS) is 1. The Hall–Kier alpha value is -1.20. The molecule has 146 valence electrons. The number of hydrogen-bond acceptors (Lipinski definition) is 8. The second-order valence-corrected chi connectivity index (χ2v) is 9.32. The minimum atomic E-state index is -0.885. The minimum absolute atomic E-state index is 0.00512. The highest BCUT2D eigenvalue weighted by atomic mass is 35.5. The average molecular weight is 447 g/mol. The molecule has 7 nitrogen and oxygen atoms in total. The van der Waals surface area contributed by atoms with E-state index in [0.717, 1.165) is 36.2 Å². The van der Waals surface area contributed by atoms with Crippen LogP contribution in [0.15, 0.2) is 4.91 Å². The molecule has 0 unspecified atom stereocenters. The molecule has 2 aliphatic heterocycles. The lowest BCUT2D eigenvalue weighted by molar-refractivity contribution is -0.137. The number of anilines is 1. The Balaban J connectivity index is 1.70. The van der Waals surface area contributed by atoms with Crippen molar-refractivity contribution < 1.29 is 14.7 Å². The highest BCUT2D eigenvalue weighted by molar-refractivity contribution is 8.26. The van der Waals surface area contributed by atoms with Crippen molar-refractivity contribution in [2.45, 2.75) is 12.8 Å². The number of thioether (sulfide) groups is 1. The fourth-order valence-electron chi connectivity index (χ4n) is 2.72. The highest BCUT2D eigenvalue weighted by Crippen LogP contribution is 2.37. The van der Waals surface area contributed by atoms with Gasteiger partial charge in [0.2, 0.25) is 0 Å². The molecule has 2 fully saturated rings. The number of likely N-dealkylation sites (N-methyl/N-ethyl adjacent to an activating group) is 1. The summed E-state index contributed by atoms with van der Waals surface area (Å²) >= 11 is 14.2. The van der Waals surface area contributed by atoms with Gasteiger partial charge in [-0.15, -0.1) is 0 Å². The van der Waals surface area contributed by atoms with Gasteiger partial charge in [-0.25, -0.2) is 4.98 Å². The van der Waals surface area contributed by atoms with Gasteiger partial charge in [0.05, 0.1) is 9.78 Å². The van der Waals surface area contributed by atoms with Gasteiger partial charge in [0.25, 0.3) is 5.91 Å². The predicted molar refractivity (Wildman–Crippen MR) is 114 cm³/mol. The lowest BCUT2D eigenvalue weighted by Crippen LogP contribution is -2.44. The standard InChI is InChI=1S/C16H19ClN4O3S3/c1-19-5-7-20(8-6-19)15-18-13(17)10(26-15)9-11-14(24)21(16(25)27-11)4-2-3-12(22)23/h9H,2-8H2,1H3,(H,22,23)/b11-9+. The molecule has 0 aliphatic carbocycles. The molecule has 0 saturated carbocycles. The van der Waals surface area contributed by atoms with Crippen molar-refractivity contribution in [1.82, 2.24) is 14.8 Å². The SMILES string of the molecule is CN1CCN(c2nc(Cl)c(/C=C3/SC(=S)N(CCCC(=O)O)C3=O)s2)CC1. The van der Waals surface area contributed by atoms with Crippen molar-refractivity contribution >= 4 is 74.3 Å². The number of piperazine rings is 1. The fourth-order valence-corrected chi connectivity index (χ4v) is 5.34. The fraction of sp³-hybridized carbons (Fsp3) is 0.500. The van der Waals surface area contributed by atoms with Gasteiger partial charge in [-0.1, -0.05) is 46.9 Å². The summed E-state index contributed by atoms with van der Waals surface area (Å²) in [5.41, 5.74) is 0. The third kappa shape index (κ3) is 5.00. The van der Waals surface area contributed by atoms with Gasteiger partial charge in [0.15, 0.2) is 5.13 Å². The summed E-state index contributed by atoms with van der Waals surface area (Å²) in [4.78, 5) is 34.8. The molecule has 3 heterocycles. The van der Waals surface area contributed by atoms with Crippen molar-refractivity contribution in [3.63, 3.8) is 0 Å². The minimum Gasteiger partial charge on any atom is -0.481 e. The van der Waals surface area contributed by atoms with E-state index in [9.17, 15) is 9.59 Å². The average Bonchev–Trinajstić information content (AvgIpc) is 3.10. The molecule has 1 amide bonds. The molecule has 27 heavy (non-hydrogen) atoms. The first-order chi connectivity index (χ1) is 12.8. The first-order valence-corrected chi connectivity index (χ1v) is 10.8. The molecule has 1 aromatic heterocycles. The molecule has 0 bridgehead atoms. The predicted octanol–water partition coefficient (Wildman–Crippen LogP) is 2.61. The Bertz CT molecular complexity index is 790. The monoisotopic (exact) mass is 446 g/mol. The largest absolute Gasteiger partial charge is 0.481 e. The van der Waals surface area contributed by atoms with E-state index in [2.05, 4.69) is 21.8 Å². The van der Waals surface area contributed by atoms with Crippen molar-refractivity contribution in [2.75, 3.05) is 44.7 Å². The molecule has 11 heteroatoms. The molecule has 0 atom stereocenters. The number of thiocarbonyl (C=S) groups is 1. The summed E-state index contributed by atoms with van der Waals surface area (Å²) in [6.45, 7) is 4.04. The molecule has 0 radical (unpaired) electrons. The van der Waals surface area contributed by atoms with Crippen LogP contribution in [0.1, 0.15) is 17.7 Å². The number of halogens is 1. The molecular formula is C16H19ClN4O3S3. The van der Waals surface area contributed by atoms with Crippen LogP contribution in [0.2, 0.25) is 5.15 Å². The van der Waals surface area contributed by atoms with Gasteiger partial charge in [0, 0.05) is 39.1 Å². The summed E-state index contributed by atoms with van der Waals surface area (Å²) in [6.07, 6.45) is 2.10. The van der Waals surface area contributed by atoms with Gasteiger partial charge < -0.3 is 14.9 Å². The van der Waals surface area contributed by atoms with Gasteiger partial charge in [-0.2, -0.15) is 0 Å². The van der Waals surface area contributed by atoms with Crippen LogP contribution in [0.5, 0.6) is 0 Å². The van der Waals surface area contributed by atoms with Crippen LogP contribution in [0.25, 0.3) is 6.08 Å². The second kappa shape index (κ2) is 8.87. The Morgan fingerprint density at radius 1 is 1.37 bits per heavy atom. The smallest absolute Gasteiger partial charge is 0.303 e. The van der Waals surface area contributed by atoms with Gasteiger partial charge in [-0.05, 0) is 19.5 Å². The van der Waals surface area contributed by atoms with E-state index in [-0.39, 0.29) is 12.3 Å². The van der Waals surface area contributed by atoms with Crippen molar-refractivity contribution in [3.05, 3.63) is 14.9 Å². The highest BCUT2D eigenvalue weighted by Gasteiger charge is 2.32. The van der Waals surface area contributed by atoms with Crippen LogP contribution in [-0.4, -0.2) is 75.9 Å². The maximum Gasteiger partial charge on any atom is 0.303 e. The molecule has 1 N–H and O–H groups in total. The number of hydrogen-bond donors (Lipinski definition) is 1. The Kier molecular flexibility index (Phi) is 6.74. The lowest BCUT2D eigenvalue weighted by Gasteiger charge is -2.31. The second-order valence-electron chi connectivity index (χ2n) is 6.27. The first-order valence-electron chi connectivity index (χ1n) is 8.42. The molecule has 0 aromatic carbocycles. The molecule has 0 spiro atoms. The maximum atomic E-state index is 12.6. The zero-order valence-electron chi connectivity index (χ0n) is 14.7. The van der Waals surface area contributed by atoms with Gasteiger partial charge in [-0.3, -0.25) is 14.5 Å². The number of nitrogens with zero attached hydrogens (tertiary/aromatic N) is 4. The van der Waals surface area contributed by atoms with Crippen LogP contribution >= 0.6 is 46.9 Å². The van der Waals surface area contributed by atoms with Crippen LogP contribution in [0.3, 0.4) is 0 Å². The van der Waals surface area contributed by atoms with E-state index in [0.29, 0.717) is 27.3 Å². The Morgan fingerprint density at radius 3 is 2.74 bits per heavy atom. The van der Waals surface area contributed by atoms with E-state index in [1.165, 1.54) is 28.0 Å². The molecule has 3 rings (SSSR count). The van der Waals surface area contributed by atoms with Crippen LogP contribution < -0.4 is 4.90 Å². The van der Waals surface area contributed by atoms with E-state index >= 15 is 0 Å². The zero-order chi connectivity index (χ0) is 19.6. The van der Waals surface area contributed by atoms with Crippen LogP contribution in [-0.2, 0) is 9.59 Å². The summed E-state index contributed by atoms with van der Waals surface area (Å²) in [7, 11) is 2.09. The summed E-state index contributed by atoms with van der Waals surface area (Å²) < 4.78 is 0.441. The molecule has 2 aliphatic rings. The lowest BCUT2D eigenvalue weighted by atomic mass is 10.3.